The second-order valence-electron chi connectivity index (χ2n) is 5.08. The van der Waals surface area contributed by atoms with Crippen LogP contribution in [0.1, 0.15) is 21.5 Å². The van der Waals surface area contributed by atoms with Crippen LogP contribution in [0.15, 0.2) is 35.3 Å². The summed E-state index contributed by atoms with van der Waals surface area (Å²) in [6, 6.07) is 5.78. The van der Waals surface area contributed by atoms with Crippen LogP contribution in [0.4, 0.5) is 4.39 Å². The number of carbonyl (C=O) groups excluding carboxylic acids is 1. The van der Waals surface area contributed by atoms with Gasteiger partial charge < -0.3 is 19.8 Å². The summed E-state index contributed by atoms with van der Waals surface area (Å²) in [7, 11) is 0. The number of rotatable bonds is 4. The van der Waals surface area contributed by atoms with Gasteiger partial charge in [-0.25, -0.2) is 4.39 Å². The number of hydrogen-bond acceptors (Lipinski definition) is 4. The van der Waals surface area contributed by atoms with Crippen LogP contribution in [0, 0.1) is 5.82 Å². The maximum atomic E-state index is 13.6. The first-order valence-corrected chi connectivity index (χ1v) is 7.13. The first kappa shape index (κ1) is 15.2. The molecule has 1 aliphatic heterocycles. The maximum Gasteiger partial charge on any atom is 0.260 e. The van der Waals surface area contributed by atoms with Gasteiger partial charge in [-0.1, -0.05) is 0 Å². The van der Waals surface area contributed by atoms with Crippen LogP contribution in [0.2, 0.25) is 0 Å². The van der Waals surface area contributed by atoms with Crippen molar-refractivity contribution >= 4 is 5.91 Å². The number of aromatic amines is 1. The van der Waals surface area contributed by atoms with E-state index in [-0.39, 0.29) is 24.7 Å². The Morgan fingerprint density at radius 3 is 3.09 bits per heavy atom. The van der Waals surface area contributed by atoms with E-state index in [1.54, 1.807) is 6.07 Å². The van der Waals surface area contributed by atoms with E-state index >= 15 is 0 Å². The summed E-state index contributed by atoms with van der Waals surface area (Å²) in [5, 5.41) is 2.65. The molecule has 7 heteroatoms. The molecule has 1 aromatic carbocycles. The molecule has 0 atom stereocenters. The first-order valence-electron chi connectivity index (χ1n) is 7.13. The van der Waals surface area contributed by atoms with Gasteiger partial charge in [0.1, 0.15) is 17.1 Å². The largest absolute Gasteiger partial charge is 0.467 e. The Hall–Kier alpha value is -2.67. The summed E-state index contributed by atoms with van der Waals surface area (Å²) in [6.45, 7) is 0.677. The lowest BCUT2D eigenvalue weighted by atomic mass is 10.1. The zero-order chi connectivity index (χ0) is 16.2. The lowest BCUT2D eigenvalue weighted by Crippen LogP contribution is -2.31. The van der Waals surface area contributed by atoms with Crippen molar-refractivity contribution in [2.24, 2.45) is 0 Å². The molecule has 0 unspecified atom stereocenters. The Morgan fingerprint density at radius 1 is 1.39 bits per heavy atom. The minimum Gasteiger partial charge on any atom is -0.467 e. The minimum absolute atomic E-state index is 0.0402. The molecule has 0 fully saturated rings. The van der Waals surface area contributed by atoms with Crippen molar-refractivity contribution in [3.05, 3.63) is 63.3 Å². The summed E-state index contributed by atoms with van der Waals surface area (Å²) < 4.78 is 24.2. The average molecular weight is 318 g/mol. The predicted octanol–water partition coefficient (Wildman–Crippen LogP) is 1.35. The summed E-state index contributed by atoms with van der Waals surface area (Å²) in [6.07, 6.45) is 1.84. The molecule has 0 aliphatic carbocycles. The van der Waals surface area contributed by atoms with E-state index in [1.807, 2.05) is 0 Å². The van der Waals surface area contributed by atoms with Crippen LogP contribution in [-0.2, 0) is 17.8 Å². The second kappa shape index (κ2) is 6.62. The van der Waals surface area contributed by atoms with Crippen LogP contribution in [0.3, 0.4) is 0 Å². The molecule has 2 heterocycles. The van der Waals surface area contributed by atoms with Crippen LogP contribution >= 0.6 is 0 Å². The third-order valence-electron chi connectivity index (χ3n) is 3.49. The second-order valence-corrected chi connectivity index (χ2v) is 5.08. The van der Waals surface area contributed by atoms with Crippen LogP contribution in [-0.4, -0.2) is 24.2 Å². The minimum atomic E-state index is -0.471. The molecule has 2 aromatic rings. The SMILES string of the molecule is O=C(NCCc1cc(F)cc2c1OCOC2)c1ccc[nH]c1=O. The summed E-state index contributed by atoms with van der Waals surface area (Å²) in [5.74, 6) is -0.246. The average Bonchev–Trinajstić information content (AvgIpc) is 2.55. The van der Waals surface area contributed by atoms with Crippen molar-refractivity contribution in [2.45, 2.75) is 13.0 Å². The molecule has 3 rings (SSSR count). The van der Waals surface area contributed by atoms with Crippen molar-refractivity contribution in [1.29, 1.82) is 0 Å². The maximum absolute atomic E-state index is 13.6. The van der Waals surface area contributed by atoms with Gasteiger partial charge in [-0.15, -0.1) is 0 Å². The van der Waals surface area contributed by atoms with Crippen LogP contribution in [0.5, 0.6) is 5.75 Å². The molecule has 0 bridgehead atoms. The molecule has 0 saturated heterocycles. The molecule has 23 heavy (non-hydrogen) atoms. The van der Waals surface area contributed by atoms with Gasteiger partial charge in [0.25, 0.3) is 11.5 Å². The molecular weight excluding hydrogens is 303 g/mol. The fraction of sp³-hybridized carbons (Fsp3) is 0.250. The van der Waals surface area contributed by atoms with Crippen molar-refractivity contribution in [3.8, 4) is 5.75 Å². The first-order chi connectivity index (χ1) is 11.1. The van der Waals surface area contributed by atoms with Gasteiger partial charge in [0.2, 0.25) is 0 Å². The quantitative estimate of drug-likeness (QED) is 0.892. The number of nitrogens with one attached hydrogen (secondary N) is 2. The number of pyridine rings is 1. The molecule has 0 saturated carbocycles. The van der Waals surface area contributed by atoms with Gasteiger partial charge in [-0.3, -0.25) is 9.59 Å². The molecule has 0 spiro atoms. The number of H-pyrrole nitrogens is 1. The van der Waals surface area contributed by atoms with E-state index < -0.39 is 11.5 Å². The number of fused-ring (bicyclic) bond motifs is 1. The lowest BCUT2D eigenvalue weighted by Gasteiger charge is -2.20. The molecule has 2 N–H and O–H groups in total. The Labute approximate surface area is 131 Å². The Kier molecular flexibility index (Phi) is 4.38. The smallest absolute Gasteiger partial charge is 0.260 e. The van der Waals surface area contributed by atoms with E-state index in [2.05, 4.69) is 10.3 Å². The molecule has 120 valence electrons. The standard InChI is InChI=1S/C16H15FN2O4/c17-12-6-10(14-11(7-12)8-22-9-23-14)3-5-19-16(21)13-2-1-4-18-15(13)20/h1-2,4,6-7H,3,5,8-9H2,(H,18,20)(H,19,21). The van der Waals surface area contributed by atoms with Gasteiger partial charge in [-0.05, 0) is 36.2 Å². The van der Waals surface area contributed by atoms with Gasteiger partial charge in [0, 0.05) is 18.3 Å². The Bertz CT molecular complexity index is 788. The van der Waals surface area contributed by atoms with E-state index in [0.29, 0.717) is 29.9 Å². The molecule has 1 amide bonds. The molecule has 1 aliphatic rings. The van der Waals surface area contributed by atoms with Crippen LogP contribution < -0.4 is 15.6 Å². The molecule has 6 nitrogen and oxygen atoms in total. The van der Waals surface area contributed by atoms with E-state index in [9.17, 15) is 14.0 Å². The highest BCUT2D eigenvalue weighted by atomic mass is 19.1. The third kappa shape index (κ3) is 3.40. The number of carbonyl (C=O) groups is 1. The van der Waals surface area contributed by atoms with Crippen LogP contribution in [0.25, 0.3) is 0 Å². The van der Waals surface area contributed by atoms with Crippen molar-refractivity contribution in [1.82, 2.24) is 10.3 Å². The highest BCUT2D eigenvalue weighted by Gasteiger charge is 2.17. The predicted molar refractivity (Wildman–Crippen MR) is 79.8 cm³/mol. The number of benzene rings is 1. The van der Waals surface area contributed by atoms with Crippen molar-refractivity contribution in [2.75, 3.05) is 13.3 Å². The fourth-order valence-electron chi connectivity index (χ4n) is 2.45. The summed E-state index contributed by atoms with van der Waals surface area (Å²) >= 11 is 0. The lowest BCUT2D eigenvalue weighted by molar-refractivity contribution is -0.0172. The highest BCUT2D eigenvalue weighted by molar-refractivity contribution is 5.93. The van der Waals surface area contributed by atoms with E-state index in [4.69, 9.17) is 9.47 Å². The summed E-state index contributed by atoms with van der Waals surface area (Å²) in [4.78, 5) is 25.9. The highest BCUT2D eigenvalue weighted by Crippen LogP contribution is 2.29. The zero-order valence-electron chi connectivity index (χ0n) is 12.2. The Balaban J connectivity index is 1.67. The van der Waals surface area contributed by atoms with E-state index in [0.717, 1.165) is 0 Å². The number of halogens is 1. The zero-order valence-corrected chi connectivity index (χ0v) is 12.2. The number of hydrogen-bond donors (Lipinski definition) is 2. The Morgan fingerprint density at radius 2 is 2.26 bits per heavy atom. The van der Waals surface area contributed by atoms with Crippen molar-refractivity contribution in [3.63, 3.8) is 0 Å². The van der Waals surface area contributed by atoms with Gasteiger partial charge >= 0.3 is 0 Å². The van der Waals surface area contributed by atoms with Gasteiger partial charge in [0.15, 0.2) is 6.79 Å². The molecule has 1 aromatic heterocycles. The van der Waals surface area contributed by atoms with E-state index in [1.165, 1.54) is 24.4 Å². The van der Waals surface area contributed by atoms with Gasteiger partial charge in [-0.2, -0.15) is 0 Å². The monoisotopic (exact) mass is 318 g/mol. The fourth-order valence-corrected chi connectivity index (χ4v) is 2.45. The number of amides is 1. The molecular formula is C16H15FN2O4. The van der Waals surface area contributed by atoms with Gasteiger partial charge in [0.05, 0.1) is 6.61 Å². The topological polar surface area (TPSA) is 80.4 Å². The summed E-state index contributed by atoms with van der Waals surface area (Å²) in [5.41, 5.74) is 0.898. The van der Waals surface area contributed by atoms with Crippen molar-refractivity contribution < 1.29 is 18.7 Å². The third-order valence-corrected chi connectivity index (χ3v) is 3.49. The molecule has 0 radical (unpaired) electrons. The number of ether oxygens (including phenoxy) is 2. The number of aromatic nitrogens is 1. The normalized spacial score (nSPS) is 13.1.